The molecule has 1 N–H and O–H groups in total. The van der Waals surface area contributed by atoms with Gasteiger partial charge in [0, 0.05) is 12.6 Å². The maximum atomic E-state index is 5.77. The van der Waals surface area contributed by atoms with Gasteiger partial charge in [-0.1, -0.05) is 6.42 Å². The first kappa shape index (κ1) is 12.0. The Morgan fingerprint density at radius 3 is 2.71 bits per heavy atom. The van der Waals surface area contributed by atoms with Crippen LogP contribution < -0.4 is 5.32 Å². The first-order valence-electron chi connectivity index (χ1n) is 7.64. The van der Waals surface area contributed by atoms with E-state index in [1.165, 1.54) is 44.9 Å². The molecule has 3 rings (SSSR count). The summed E-state index contributed by atoms with van der Waals surface area (Å²) in [5.74, 6) is 3.18. The number of nitrogens with one attached hydrogen (secondary N) is 1. The third-order valence-corrected chi connectivity index (χ3v) is 5.45. The molecule has 98 valence electrons. The molecular formula is C15H27NO. The van der Waals surface area contributed by atoms with E-state index in [1.54, 1.807) is 6.42 Å². The third-order valence-electron chi connectivity index (χ3n) is 5.45. The number of fused-ring (bicyclic) bond motifs is 2. The molecule has 1 saturated heterocycles. The molecule has 0 aromatic carbocycles. The van der Waals surface area contributed by atoms with Crippen LogP contribution in [0.1, 0.15) is 51.4 Å². The van der Waals surface area contributed by atoms with Crippen LogP contribution in [0.4, 0.5) is 0 Å². The highest BCUT2D eigenvalue weighted by atomic mass is 16.5. The second-order valence-corrected chi connectivity index (χ2v) is 6.53. The summed E-state index contributed by atoms with van der Waals surface area (Å²) in [6.07, 6.45) is 11.9. The molecule has 17 heavy (non-hydrogen) atoms. The summed E-state index contributed by atoms with van der Waals surface area (Å²) in [6.45, 7) is 0.995. The zero-order chi connectivity index (χ0) is 11.7. The fraction of sp³-hybridized carbons (Fsp3) is 1.00. The van der Waals surface area contributed by atoms with Crippen molar-refractivity contribution in [1.29, 1.82) is 0 Å². The smallest absolute Gasteiger partial charge is 0.0590 e. The minimum Gasteiger partial charge on any atom is -0.378 e. The monoisotopic (exact) mass is 237 g/mol. The molecule has 2 aliphatic carbocycles. The van der Waals surface area contributed by atoms with Gasteiger partial charge in [-0.15, -0.1) is 0 Å². The minimum absolute atomic E-state index is 0.547. The Kier molecular flexibility index (Phi) is 3.72. The molecule has 0 radical (unpaired) electrons. The van der Waals surface area contributed by atoms with Gasteiger partial charge in [0.25, 0.3) is 0 Å². The van der Waals surface area contributed by atoms with Crippen LogP contribution in [0, 0.1) is 17.8 Å². The summed E-state index contributed by atoms with van der Waals surface area (Å²) >= 11 is 0. The molecule has 2 heteroatoms. The molecule has 0 spiro atoms. The molecule has 0 aromatic heterocycles. The number of rotatable bonds is 5. The quantitative estimate of drug-likeness (QED) is 0.793. The van der Waals surface area contributed by atoms with E-state index in [1.807, 2.05) is 0 Å². The van der Waals surface area contributed by atoms with Crippen LogP contribution in [0.2, 0.25) is 0 Å². The van der Waals surface area contributed by atoms with E-state index in [0.29, 0.717) is 12.1 Å². The lowest BCUT2D eigenvalue weighted by Crippen LogP contribution is -2.33. The summed E-state index contributed by atoms with van der Waals surface area (Å²) in [6, 6.07) is 0.697. The Morgan fingerprint density at radius 1 is 1.18 bits per heavy atom. The number of hydrogen-bond acceptors (Lipinski definition) is 2. The predicted octanol–water partition coefficient (Wildman–Crippen LogP) is 2.97. The van der Waals surface area contributed by atoms with Gasteiger partial charge in [-0.25, -0.2) is 0 Å². The average molecular weight is 237 g/mol. The normalized spacial score (nSPS) is 42.2. The first-order valence-corrected chi connectivity index (χ1v) is 7.64. The van der Waals surface area contributed by atoms with Gasteiger partial charge in [-0.2, -0.15) is 0 Å². The lowest BCUT2D eigenvalue weighted by molar-refractivity contribution is 0.0907. The van der Waals surface area contributed by atoms with Crippen molar-refractivity contribution in [3.05, 3.63) is 0 Å². The van der Waals surface area contributed by atoms with Crippen LogP contribution in [0.15, 0.2) is 0 Å². The second-order valence-electron chi connectivity index (χ2n) is 6.53. The zero-order valence-corrected chi connectivity index (χ0v) is 11.2. The van der Waals surface area contributed by atoms with Gasteiger partial charge in [0.15, 0.2) is 0 Å². The molecular weight excluding hydrogens is 210 g/mol. The van der Waals surface area contributed by atoms with Crippen molar-refractivity contribution in [3.8, 4) is 0 Å². The largest absolute Gasteiger partial charge is 0.378 e. The van der Waals surface area contributed by atoms with Crippen molar-refractivity contribution in [2.75, 3.05) is 13.7 Å². The minimum atomic E-state index is 0.547. The summed E-state index contributed by atoms with van der Waals surface area (Å²) in [4.78, 5) is 0. The Labute approximate surface area is 105 Å². The molecule has 1 aliphatic heterocycles. The van der Waals surface area contributed by atoms with E-state index in [-0.39, 0.29) is 0 Å². The molecule has 0 aromatic rings. The van der Waals surface area contributed by atoms with Crippen LogP contribution in [0.3, 0.4) is 0 Å². The van der Waals surface area contributed by atoms with Crippen molar-refractivity contribution in [1.82, 2.24) is 5.32 Å². The second kappa shape index (κ2) is 5.27. The average Bonchev–Trinajstić information content (AvgIpc) is 3.04. The van der Waals surface area contributed by atoms with Gasteiger partial charge in [0.05, 0.1) is 6.10 Å². The van der Waals surface area contributed by atoms with E-state index in [2.05, 4.69) is 12.4 Å². The van der Waals surface area contributed by atoms with Crippen LogP contribution >= 0.6 is 0 Å². The van der Waals surface area contributed by atoms with E-state index in [9.17, 15) is 0 Å². The van der Waals surface area contributed by atoms with Gasteiger partial charge < -0.3 is 10.1 Å². The van der Waals surface area contributed by atoms with Crippen LogP contribution in [0.25, 0.3) is 0 Å². The highest BCUT2D eigenvalue weighted by Gasteiger charge is 2.40. The highest BCUT2D eigenvalue weighted by Crippen LogP contribution is 2.50. The van der Waals surface area contributed by atoms with E-state index in [0.717, 1.165) is 24.4 Å². The Hall–Kier alpha value is -0.0800. The third kappa shape index (κ3) is 2.68. The number of hydrogen-bond donors (Lipinski definition) is 1. The topological polar surface area (TPSA) is 21.3 Å². The molecule has 5 atom stereocenters. The lowest BCUT2D eigenvalue weighted by Gasteiger charge is -2.27. The van der Waals surface area contributed by atoms with Crippen molar-refractivity contribution in [3.63, 3.8) is 0 Å². The van der Waals surface area contributed by atoms with E-state index >= 15 is 0 Å². The van der Waals surface area contributed by atoms with Crippen molar-refractivity contribution in [2.45, 2.75) is 63.5 Å². The SMILES string of the molecule is CNC(CC1CCCO1)CC1CC2CCC1C2. The van der Waals surface area contributed by atoms with E-state index in [4.69, 9.17) is 4.74 Å². The van der Waals surface area contributed by atoms with Gasteiger partial charge >= 0.3 is 0 Å². The summed E-state index contributed by atoms with van der Waals surface area (Å²) in [5, 5.41) is 3.54. The highest BCUT2D eigenvalue weighted by molar-refractivity contribution is 4.92. The molecule has 2 nitrogen and oxygen atoms in total. The molecule has 3 fully saturated rings. The number of ether oxygens (including phenoxy) is 1. The molecule has 3 aliphatic rings. The van der Waals surface area contributed by atoms with E-state index < -0.39 is 0 Å². The Morgan fingerprint density at radius 2 is 2.12 bits per heavy atom. The fourth-order valence-electron chi connectivity index (χ4n) is 4.51. The summed E-state index contributed by atoms with van der Waals surface area (Å²) < 4.78 is 5.77. The fourth-order valence-corrected chi connectivity index (χ4v) is 4.51. The van der Waals surface area contributed by atoms with Crippen molar-refractivity contribution < 1.29 is 4.74 Å². The Bertz CT molecular complexity index is 249. The summed E-state index contributed by atoms with van der Waals surface area (Å²) in [5.41, 5.74) is 0. The van der Waals surface area contributed by atoms with Crippen LogP contribution in [0.5, 0.6) is 0 Å². The predicted molar refractivity (Wildman–Crippen MR) is 70.0 cm³/mol. The van der Waals surface area contributed by atoms with Gasteiger partial charge in [-0.05, 0) is 69.7 Å². The molecule has 2 saturated carbocycles. The van der Waals surface area contributed by atoms with Crippen molar-refractivity contribution >= 4 is 0 Å². The molecule has 0 amide bonds. The van der Waals surface area contributed by atoms with Gasteiger partial charge in [-0.3, -0.25) is 0 Å². The maximum Gasteiger partial charge on any atom is 0.0590 e. The Balaban J connectivity index is 1.48. The summed E-state index contributed by atoms with van der Waals surface area (Å²) in [7, 11) is 2.13. The lowest BCUT2D eigenvalue weighted by atomic mass is 9.83. The van der Waals surface area contributed by atoms with Crippen molar-refractivity contribution in [2.24, 2.45) is 17.8 Å². The van der Waals surface area contributed by atoms with Gasteiger partial charge in [0.1, 0.15) is 0 Å². The first-order chi connectivity index (χ1) is 8.35. The van der Waals surface area contributed by atoms with Crippen LogP contribution in [-0.4, -0.2) is 25.8 Å². The zero-order valence-electron chi connectivity index (χ0n) is 11.2. The molecule has 2 bridgehead atoms. The molecule has 1 heterocycles. The molecule has 5 unspecified atom stereocenters. The van der Waals surface area contributed by atoms with Crippen LogP contribution in [-0.2, 0) is 4.74 Å². The maximum absolute atomic E-state index is 5.77. The van der Waals surface area contributed by atoms with Gasteiger partial charge in [0.2, 0.25) is 0 Å². The standard InChI is InChI=1S/C15H27NO/c1-16-14(10-15-3-2-6-17-15)9-13-8-11-4-5-12(13)7-11/h11-16H,2-10H2,1H3.